The Morgan fingerprint density at radius 2 is 1.96 bits per heavy atom. The summed E-state index contributed by atoms with van der Waals surface area (Å²) in [6.07, 6.45) is 1.42. The van der Waals surface area contributed by atoms with Crippen molar-refractivity contribution in [2.75, 3.05) is 18.1 Å². The zero-order valence-electron chi connectivity index (χ0n) is 13.8. The molecule has 0 atom stereocenters. The quantitative estimate of drug-likeness (QED) is 0.745. The first-order valence-corrected chi connectivity index (χ1v) is 10.00. The van der Waals surface area contributed by atoms with Crippen LogP contribution in [0.25, 0.3) is 0 Å². The van der Waals surface area contributed by atoms with Crippen molar-refractivity contribution in [1.29, 1.82) is 0 Å². The highest BCUT2D eigenvalue weighted by Gasteiger charge is 2.35. The van der Waals surface area contributed by atoms with Gasteiger partial charge in [-0.25, -0.2) is 18.1 Å². The number of hydrogen-bond acceptors (Lipinski definition) is 7. The van der Waals surface area contributed by atoms with E-state index in [-0.39, 0.29) is 17.9 Å². The number of sulfonamides is 1. The number of aryl methyl sites for hydroxylation is 2. The third-order valence-corrected chi connectivity index (χ3v) is 6.92. The highest BCUT2D eigenvalue weighted by molar-refractivity contribution is 7.89. The largest absolute Gasteiger partial charge is 0.373 e. The van der Waals surface area contributed by atoms with Crippen molar-refractivity contribution in [3.8, 4) is 0 Å². The smallest absolute Gasteiger partial charge is 0.241 e. The second-order valence-electron chi connectivity index (χ2n) is 6.05. The van der Waals surface area contributed by atoms with Gasteiger partial charge in [0.25, 0.3) is 0 Å². The van der Waals surface area contributed by atoms with Gasteiger partial charge in [-0.1, -0.05) is 0 Å². The highest BCUT2D eigenvalue weighted by Crippen LogP contribution is 2.38. The highest BCUT2D eigenvalue weighted by atomic mass is 32.2. The fraction of sp³-hybridized carbons (Fsp3) is 0.467. The number of rotatable bonds is 5. The minimum atomic E-state index is -3.47. The second kappa shape index (κ2) is 6.30. The third kappa shape index (κ3) is 3.38. The Morgan fingerprint density at radius 3 is 2.54 bits per heavy atom. The van der Waals surface area contributed by atoms with Gasteiger partial charge in [0.15, 0.2) is 0 Å². The van der Waals surface area contributed by atoms with Crippen LogP contribution in [0.4, 0.5) is 11.8 Å². The van der Waals surface area contributed by atoms with Crippen molar-refractivity contribution < 1.29 is 8.42 Å². The number of thiophene rings is 1. The first-order chi connectivity index (χ1) is 11.3. The predicted octanol–water partition coefficient (Wildman–Crippen LogP) is 2.00. The fourth-order valence-corrected chi connectivity index (χ4v) is 5.75. The molecule has 3 rings (SSSR count). The molecule has 0 saturated heterocycles. The summed E-state index contributed by atoms with van der Waals surface area (Å²) in [6, 6.07) is 3.51. The first kappa shape index (κ1) is 17.1. The average Bonchev–Trinajstić information content (AvgIpc) is 2.81. The van der Waals surface area contributed by atoms with Crippen LogP contribution in [-0.4, -0.2) is 31.5 Å². The SMILES string of the molecule is CNc1cc([C@H]2C[C@H](NS(=O)(=O)c3cc(C)sc3C)C2)nc(N)n1. The zero-order valence-corrected chi connectivity index (χ0v) is 15.5. The van der Waals surface area contributed by atoms with Crippen LogP contribution in [0.5, 0.6) is 0 Å². The Labute approximate surface area is 145 Å². The molecule has 2 heterocycles. The van der Waals surface area contributed by atoms with E-state index in [1.807, 2.05) is 19.9 Å². The van der Waals surface area contributed by atoms with Crippen molar-refractivity contribution in [3.63, 3.8) is 0 Å². The molecule has 1 aliphatic rings. The zero-order chi connectivity index (χ0) is 17.5. The summed E-state index contributed by atoms with van der Waals surface area (Å²) in [5.41, 5.74) is 6.56. The van der Waals surface area contributed by atoms with Gasteiger partial charge >= 0.3 is 0 Å². The lowest BCUT2D eigenvalue weighted by Crippen LogP contribution is -2.43. The lowest BCUT2D eigenvalue weighted by atomic mass is 9.78. The molecule has 2 aromatic rings. The number of hydrogen-bond donors (Lipinski definition) is 3. The number of nitrogens with one attached hydrogen (secondary N) is 2. The lowest BCUT2D eigenvalue weighted by Gasteiger charge is -2.35. The molecule has 0 aromatic carbocycles. The molecule has 9 heteroatoms. The van der Waals surface area contributed by atoms with E-state index >= 15 is 0 Å². The Balaban J connectivity index is 1.67. The van der Waals surface area contributed by atoms with Gasteiger partial charge in [0, 0.05) is 34.8 Å². The van der Waals surface area contributed by atoms with Crippen molar-refractivity contribution in [3.05, 3.63) is 27.6 Å². The molecule has 1 aliphatic carbocycles. The van der Waals surface area contributed by atoms with Gasteiger partial charge in [0.1, 0.15) is 5.82 Å². The number of nitrogen functional groups attached to an aromatic ring is 1. The van der Waals surface area contributed by atoms with E-state index in [9.17, 15) is 8.42 Å². The Bertz CT molecular complexity index is 857. The molecule has 4 N–H and O–H groups in total. The fourth-order valence-electron chi connectivity index (χ4n) is 2.94. The van der Waals surface area contributed by atoms with Gasteiger partial charge in [-0.05, 0) is 32.8 Å². The lowest BCUT2D eigenvalue weighted by molar-refractivity contribution is 0.321. The maximum absolute atomic E-state index is 12.5. The maximum Gasteiger partial charge on any atom is 0.241 e. The van der Waals surface area contributed by atoms with E-state index in [0.29, 0.717) is 23.6 Å². The molecule has 0 aliphatic heterocycles. The molecule has 0 bridgehead atoms. The van der Waals surface area contributed by atoms with Gasteiger partial charge < -0.3 is 11.1 Å². The molecular weight excluding hydrogens is 346 g/mol. The van der Waals surface area contributed by atoms with E-state index in [1.165, 1.54) is 11.3 Å². The van der Waals surface area contributed by atoms with Crippen LogP contribution in [0.2, 0.25) is 0 Å². The molecule has 0 unspecified atom stereocenters. The van der Waals surface area contributed by atoms with Gasteiger partial charge in [-0.2, -0.15) is 4.98 Å². The molecule has 2 aromatic heterocycles. The molecule has 7 nitrogen and oxygen atoms in total. The summed E-state index contributed by atoms with van der Waals surface area (Å²) in [5.74, 6) is 1.09. The summed E-state index contributed by atoms with van der Waals surface area (Å²) < 4.78 is 27.8. The van der Waals surface area contributed by atoms with Gasteiger partial charge in [-0.15, -0.1) is 11.3 Å². The van der Waals surface area contributed by atoms with Gasteiger partial charge in [0.2, 0.25) is 16.0 Å². The molecule has 0 spiro atoms. The Morgan fingerprint density at radius 1 is 1.25 bits per heavy atom. The standard InChI is InChI=1S/C15H21N5O2S2/c1-8-4-13(9(2)23-8)24(21,22)20-11-5-10(6-11)12-7-14(17-3)19-15(16)18-12/h4,7,10-11,20H,5-6H2,1-3H3,(H3,16,17,18,19)/t10-,11-. The number of nitrogens with two attached hydrogens (primary N) is 1. The molecule has 24 heavy (non-hydrogen) atoms. The van der Waals surface area contributed by atoms with Crippen LogP contribution in [0.1, 0.15) is 34.2 Å². The van der Waals surface area contributed by atoms with Gasteiger partial charge in [-0.3, -0.25) is 0 Å². The number of aromatic nitrogens is 2. The Hall–Kier alpha value is -1.71. The first-order valence-electron chi connectivity index (χ1n) is 7.70. The van der Waals surface area contributed by atoms with Crippen LogP contribution in [0.15, 0.2) is 17.0 Å². The minimum absolute atomic E-state index is 0.0752. The van der Waals surface area contributed by atoms with E-state index in [2.05, 4.69) is 20.0 Å². The Kier molecular flexibility index (Phi) is 4.50. The summed E-state index contributed by atoms with van der Waals surface area (Å²) in [4.78, 5) is 10.5. The van der Waals surface area contributed by atoms with Crippen molar-refractivity contribution >= 4 is 33.1 Å². The number of anilines is 2. The summed E-state index contributed by atoms with van der Waals surface area (Å²) in [7, 11) is -1.69. The van der Waals surface area contributed by atoms with E-state index < -0.39 is 10.0 Å². The molecule has 1 saturated carbocycles. The summed E-state index contributed by atoms with van der Waals surface area (Å²) in [6.45, 7) is 3.74. The third-order valence-electron chi connectivity index (χ3n) is 4.18. The van der Waals surface area contributed by atoms with Crippen molar-refractivity contribution in [2.45, 2.75) is 43.5 Å². The molecular formula is C15H21N5O2S2. The molecule has 0 radical (unpaired) electrons. The summed E-state index contributed by atoms with van der Waals surface area (Å²) in [5, 5.41) is 2.95. The average molecular weight is 368 g/mol. The summed E-state index contributed by atoms with van der Waals surface area (Å²) >= 11 is 1.49. The molecule has 0 amide bonds. The van der Waals surface area contributed by atoms with Crippen molar-refractivity contribution in [1.82, 2.24) is 14.7 Å². The topological polar surface area (TPSA) is 110 Å². The van der Waals surface area contributed by atoms with Crippen LogP contribution < -0.4 is 15.8 Å². The predicted molar refractivity (Wildman–Crippen MR) is 95.9 cm³/mol. The molecule has 1 fully saturated rings. The van der Waals surface area contributed by atoms with Crippen LogP contribution in [0, 0.1) is 13.8 Å². The van der Waals surface area contributed by atoms with Gasteiger partial charge in [0.05, 0.1) is 10.6 Å². The van der Waals surface area contributed by atoms with Crippen LogP contribution >= 0.6 is 11.3 Å². The van der Waals surface area contributed by atoms with Crippen LogP contribution in [-0.2, 0) is 10.0 Å². The second-order valence-corrected chi connectivity index (χ2v) is 9.19. The van der Waals surface area contributed by atoms with E-state index in [1.54, 1.807) is 13.1 Å². The van der Waals surface area contributed by atoms with Crippen LogP contribution in [0.3, 0.4) is 0 Å². The van der Waals surface area contributed by atoms with E-state index in [0.717, 1.165) is 15.4 Å². The normalized spacial score (nSPS) is 20.6. The number of nitrogens with zero attached hydrogens (tertiary/aromatic N) is 2. The molecule has 130 valence electrons. The van der Waals surface area contributed by atoms with Crippen molar-refractivity contribution in [2.24, 2.45) is 0 Å². The monoisotopic (exact) mass is 367 g/mol. The minimum Gasteiger partial charge on any atom is -0.373 e. The van der Waals surface area contributed by atoms with E-state index in [4.69, 9.17) is 5.73 Å². The maximum atomic E-state index is 12.5.